The second-order valence-electron chi connectivity index (χ2n) is 11.4. The molecular formula is C30H32N6O3. The van der Waals surface area contributed by atoms with Crippen molar-refractivity contribution in [3.05, 3.63) is 53.9 Å². The highest BCUT2D eigenvalue weighted by Crippen LogP contribution is 2.41. The van der Waals surface area contributed by atoms with Crippen molar-refractivity contribution in [2.45, 2.75) is 56.8 Å². The molecule has 5 heterocycles. The van der Waals surface area contributed by atoms with Gasteiger partial charge in [-0.3, -0.25) is 4.79 Å². The lowest BCUT2D eigenvalue weighted by atomic mass is 10.1. The summed E-state index contributed by atoms with van der Waals surface area (Å²) < 4.78 is 16.4. The van der Waals surface area contributed by atoms with Gasteiger partial charge in [0.2, 0.25) is 0 Å². The first-order valence-corrected chi connectivity index (χ1v) is 14.0. The number of ether oxygens (including phenoxy) is 2. The summed E-state index contributed by atoms with van der Waals surface area (Å²) in [6, 6.07) is 10.2. The number of pyridine rings is 1. The number of carbonyl (C=O) groups is 1. The van der Waals surface area contributed by atoms with Crippen molar-refractivity contribution < 1.29 is 14.3 Å². The molecule has 39 heavy (non-hydrogen) atoms. The molecule has 3 atom stereocenters. The van der Waals surface area contributed by atoms with Crippen molar-refractivity contribution >= 4 is 28.0 Å². The average molecular weight is 525 g/mol. The van der Waals surface area contributed by atoms with Crippen molar-refractivity contribution in [2.75, 3.05) is 20.3 Å². The predicted molar refractivity (Wildman–Crippen MR) is 147 cm³/mol. The Morgan fingerprint density at radius 1 is 1.21 bits per heavy atom. The number of aromatic nitrogens is 4. The zero-order chi connectivity index (χ0) is 26.2. The van der Waals surface area contributed by atoms with Gasteiger partial charge in [-0.15, -0.1) is 0 Å². The van der Waals surface area contributed by atoms with Gasteiger partial charge in [-0.05, 0) is 73.9 Å². The van der Waals surface area contributed by atoms with Gasteiger partial charge in [-0.25, -0.2) is 9.97 Å². The fourth-order valence-corrected chi connectivity index (χ4v) is 6.75. The summed E-state index contributed by atoms with van der Waals surface area (Å²) in [7, 11) is 1.66. The highest BCUT2D eigenvalue weighted by Gasteiger charge is 2.41. The van der Waals surface area contributed by atoms with E-state index in [0.29, 0.717) is 30.4 Å². The largest absolute Gasteiger partial charge is 0.494 e. The highest BCUT2D eigenvalue weighted by atomic mass is 16.5. The summed E-state index contributed by atoms with van der Waals surface area (Å²) >= 11 is 0. The zero-order valence-corrected chi connectivity index (χ0v) is 22.0. The number of methoxy groups -OCH3 is 1. The second-order valence-corrected chi connectivity index (χ2v) is 11.4. The molecule has 9 nitrogen and oxygen atoms in total. The molecule has 2 aliphatic heterocycles. The maximum atomic E-state index is 13.7. The molecule has 0 spiro atoms. The molecule has 3 fully saturated rings. The van der Waals surface area contributed by atoms with E-state index >= 15 is 0 Å². The third kappa shape index (κ3) is 3.56. The summed E-state index contributed by atoms with van der Waals surface area (Å²) in [5, 5.41) is 1.10. The molecule has 3 aromatic heterocycles. The Morgan fingerprint density at radius 2 is 2.10 bits per heavy atom. The quantitative estimate of drug-likeness (QED) is 0.405. The van der Waals surface area contributed by atoms with Crippen molar-refractivity contribution in [2.24, 2.45) is 11.7 Å². The smallest absolute Gasteiger partial charge is 0.258 e. The van der Waals surface area contributed by atoms with Crippen LogP contribution in [0.2, 0.25) is 0 Å². The number of fused-ring (bicyclic) bond motifs is 4. The SMILES string of the molecule is COc1cc(C(=O)N2C=C3CC[C@@H]2[C@@H]3N)cc2nc(-c3cc4cccnc4n3CC3CC3)n([C@@H]3CCOC3)c12. The van der Waals surface area contributed by atoms with Gasteiger partial charge in [0.1, 0.15) is 16.9 Å². The summed E-state index contributed by atoms with van der Waals surface area (Å²) in [5.74, 6) is 2.12. The van der Waals surface area contributed by atoms with Gasteiger partial charge in [0.15, 0.2) is 5.82 Å². The summed E-state index contributed by atoms with van der Waals surface area (Å²) in [6.07, 6.45) is 9.07. The number of rotatable bonds is 6. The topological polar surface area (TPSA) is 100 Å². The van der Waals surface area contributed by atoms with Crippen molar-refractivity contribution in [1.29, 1.82) is 0 Å². The van der Waals surface area contributed by atoms with Crippen molar-refractivity contribution in [3.8, 4) is 17.3 Å². The Balaban J connectivity index is 1.32. The number of carbonyl (C=O) groups excluding carboxylic acids is 1. The van der Waals surface area contributed by atoms with Crippen LogP contribution in [0, 0.1) is 5.92 Å². The van der Waals surface area contributed by atoms with Crippen LogP contribution < -0.4 is 10.5 Å². The van der Waals surface area contributed by atoms with E-state index in [1.165, 1.54) is 12.8 Å². The molecule has 2 saturated carbocycles. The molecule has 0 unspecified atom stereocenters. The molecule has 4 aromatic rings. The van der Waals surface area contributed by atoms with Gasteiger partial charge in [-0.2, -0.15) is 0 Å². The molecule has 4 aliphatic rings. The highest BCUT2D eigenvalue weighted by molar-refractivity contribution is 6.01. The minimum absolute atomic E-state index is 0.0311. The number of imidazole rings is 1. The van der Waals surface area contributed by atoms with E-state index in [1.807, 2.05) is 35.5 Å². The van der Waals surface area contributed by atoms with Crippen molar-refractivity contribution in [1.82, 2.24) is 24.0 Å². The third-order valence-corrected chi connectivity index (χ3v) is 8.98. The molecular weight excluding hydrogens is 492 g/mol. The maximum absolute atomic E-state index is 13.7. The van der Waals surface area contributed by atoms with E-state index in [1.54, 1.807) is 7.11 Å². The number of nitrogens with two attached hydrogens (primary N) is 1. The number of hydrogen-bond donors (Lipinski definition) is 1. The van der Waals surface area contributed by atoms with Gasteiger partial charge >= 0.3 is 0 Å². The summed E-state index contributed by atoms with van der Waals surface area (Å²) in [6.45, 7) is 2.25. The first-order valence-electron chi connectivity index (χ1n) is 14.0. The lowest BCUT2D eigenvalue weighted by Gasteiger charge is -2.25. The lowest BCUT2D eigenvalue weighted by Crippen LogP contribution is -2.40. The number of nitrogens with zero attached hydrogens (tertiary/aromatic N) is 5. The Kier molecular flexibility index (Phi) is 5.15. The number of benzene rings is 1. The molecule has 2 bridgehead atoms. The van der Waals surface area contributed by atoms with Gasteiger partial charge in [0, 0.05) is 42.5 Å². The molecule has 0 radical (unpaired) electrons. The Labute approximate surface area is 226 Å². The first-order chi connectivity index (χ1) is 19.1. The molecule has 2 N–H and O–H groups in total. The fourth-order valence-electron chi connectivity index (χ4n) is 6.75. The monoisotopic (exact) mass is 524 g/mol. The minimum atomic E-state index is -0.0604. The first kappa shape index (κ1) is 23.2. The van der Waals surface area contributed by atoms with E-state index in [4.69, 9.17) is 25.2 Å². The third-order valence-electron chi connectivity index (χ3n) is 8.98. The average Bonchev–Trinajstić information content (AvgIpc) is 3.36. The van der Waals surface area contributed by atoms with Crippen LogP contribution in [0.5, 0.6) is 5.75 Å². The fraction of sp³-hybridized carbons (Fsp3) is 0.433. The van der Waals surface area contributed by atoms with E-state index in [-0.39, 0.29) is 24.0 Å². The van der Waals surface area contributed by atoms with Crippen LogP contribution in [0.15, 0.2) is 48.3 Å². The van der Waals surface area contributed by atoms with E-state index in [0.717, 1.165) is 65.0 Å². The van der Waals surface area contributed by atoms with Crippen LogP contribution in [0.1, 0.15) is 48.5 Å². The van der Waals surface area contributed by atoms with Gasteiger partial charge in [0.25, 0.3) is 5.91 Å². The number of amides is 1. The molecule has 1 saturated heterocycles. The van der Waals surface area contributed by atoms with E-state index < -0.39 is 0 Å². The zero-order valence-electron chi connectivity index (χ0n) is 22.0. The molecule has 1 amide bonds. The summed E-state index contributed by atoms with van der Waals surface area (Å²) in [4.78, 5) is 25.5. The van der Waals surface area contributed by atoms with Crippen molar-refractivity contribution in [3.63, 3.8) is 0 Å². The molecule has 200 valence electrons. The molecule has 9 heteroatoms. The lowest BCUT2D eigenvalue weighted by molar-refractivity contribution is 0.0774. The van der Waals surface area contributed by atoms with Crippen LogP contribution in [-0.2, 0) is 11.3 Å². The van der Waals surface area contributed by atoms with Crippen LogP contribution >= 0.6 is 0 Å². The Bertz CT molecular complexity index is 1660. The summed E-state index contributed by atoms with van der Waals surface area (Å²) in [5.41, 5.74) is 11.8. The second kappa shape index (κ2) is 8.66. The van der Waals surface area contributed by atoms with Crippen LogP contribution in [-0.4, -0.2) is 62.3 Å². The Morgan fingerprint density at radius 3 is 2.82 bits per heavy atom. The standard InChI is InChI=1S/C30H32N6O3/c1-38-25-13-20(30(37)35-15-19-6-7-23(35)26(19)31)11-22-27(25)36(21-8-10-39-16-21)29(33-22)24-12-18-3-2-9-32-28(18)34(24)14-17-4-5-17/h2-3,9,11-13,15,17,21,23,26H,4-8,10,14,16,31H2,1H3/t21-,23-,26-/m1/s1. The number of hydrogen-bond acceptors (Lipinski definition) is 6. The van der Waals surface area contributed by atoms with Gasteiger partial charge < -0.3 is 29.2 Å². The molecule has 1 aromatic carbocycles. The normalized spacial score (nSPS) is 24.3. The molecule has 2 aliphatic carbocycles. The van der Waals surface area contributed by atoms with Crippen LogP contribution in [0.3, 0.4) is 0 Å². The molecule has 8 rings (SSSR count). The minimum Gasteiger partial charge on any atom is -0.494 e. The predicted octanol–water partition coefficient (Wildman–Crippen LogP) is 4.26. The van der Waals surface area contributed by atoms with E-state index in [9.17, 15) is 4.79 Å². The maximum Gasteiger partial charge on any atom is 0.258 e. The van der Waals surface area contributed by atoms with E-state index in [2.05, 4.69) is 21.3 Å². The Hall–Kier alpha value is -3.69. The van der Waals surface area contributed by atoms with Crippen LogP contribution in [0.25, 0.3) is 33.6 Å². The van der Waals surface area contributed by atoms with Gasteiger partial charge in [-0.1, -0.05) is 0 Å². The van der Waals surface area contributed by atoms with Crippen LogP contribution in [0.4, 0.5) is 0 Å². The van der Waals surface area contributed by atoms with Gasteiger partial charge in [0.05, 0.1) is 37.0 Å².